The van der Waals surface area contributed by atoms with Gasteiger partial charge in [-0.1, -0.05) is 19.4 Å². The molecule has 0 aliphatic heterocycles. The quantitative estimate of drug-likeness (QED) is 0.794. The van der Waals surface area contributed by atoms with Crippen molar-refractivity contribution in [1.82, 2.24) is 15.3 Å². The number of aryl methyl sites for hydroxylation is 1. The summed E-state index contributed by atoms with van der Waals surface area (Å²) in [4.78, 5) is 19.2. The number of imidazole rings is 1. The molecule has 0 aliphatic rings. The number of hydrogen-bond acceptors (Lipinski definition) is 2. The average molecular weight is 245 g/mol. The van der Waals surface area contributed by atoms with Crippen molar-refractivity contribution < 1.29 is 4.79 Å². The molecule has 1 aromatic carbocycles. The van der Waals surface area contributed by atoms with E-state index >= 15 is 0 Å². The molecule has 0 unspecified atom stereocenters. The second kappa shape index (κ2) is 5.67. The van der Waals surface area contributed by atoms with Gasteiger partial charge in [-0.15, -0.1) is 0 Å². The summed E-state index contributed by atoms with van der Waals surface area (Å²) in [6.45, 7) is 4.80. The van der Waals surface area contributed by atoms with Crippen LogP contribution in [0.3, 0.4) is 0 Å². The summed E-state index contributed by atoms with van der Waals surface area (Å²) in [7, 11) is 0. The number of rotatable bonds is 5. The average Bonchev–Trinajstić information content (AvgIpc) is 2.69. The van der Waals surface area contributed by atoms with E-state index in [0.29, 0.717) is 6.42 Å². The standard InChI is InChI=1S/C14H19N3O/c1-3-4-7-15-14(18)9-11-5-6-12-13(8-11)17-10(2)16-12/h5-6,8H,3-4,7,9H2,1-2H3,(H,15,18)(H,16,17). The van der Waals surface area contributed by atoms with Crippen molar-refractivity contribution in [3.05, 3.63) is 29.6 Å². The van der Waals surface area contributed by atoms with E-state index in [1.54, 1.807) is 0 Å². The Morgan fingerprint density at radius 2 is 2.28 bits per heavy atom. The summed E-state index contributed by atoms with van der Waals surface area (Å²) in [5.74, 6) is 0.980. The van der Waals surface area contributed by atoms with Crippen LogP contribution in [0.4, 0.5) is 0 Å². The second-order valence-corrected chi connectivity index (χ2v) is 4.55. The Morgan fingerprint density at radius 3 is 3.06 bits per heavy atom. The Morgan fingerprint density at radius 1 is 1.44 bits per heavy atom. The van der Waals surface area contributed by atoms with Crippen LogP contribution in [0, 0.1) is 6.92 Å². The molecule has 96 valence electrons. The lowest BCUT2D eigenvalue weighted by atomic mass is 10.1. The zero-order chi connectivity index (χ0) is 13.0. The third kappa shape index (κ3) is 3.09. The Hall–Kier alpha value is -1.84. The number of carbonyl (C=O) groups excluding carboxylic acids is 1. The predicted molar refractivity (Wildman–Crippen MR) is 72.5 cm³/mol. The van der Waals surface area contributed by atoms with Crippen LogP contribution in [0.5, 0.6) is 0 Å². The maximum Gasteiger partial charge on any atom is 0.224 e. The van der Waals surface area contributed by atoms with Gasteiger partial charge in [-0.05, 0) is 31.0 Å². The molecule has 1 aromatic heterocycles. The minimum atomic E-state index is 0.0824. The summed E-state index contributed by atoms with van der Waals surface area (Å²) in [6, 6.07) is 5.91. The van der Waals surface area contributed by atoms with E-state index < -0.39 is 0 Å². The smallest absolute Gasteiger partial charge is 0.224 e. The predicted octanol–water partition coefficient (Wildman–Crippen LogP) is 2.33. The summed E-state index contributed by atoms with van der Waals surface area (Å²) in [6.07, 6.45) is 2.56. The van der Waals surface area contributed by atoms with Crippen molar-refractivity contribution in [1.29, 1.82) is 0 Å². The van der Waals surface area contributed by atoms with Gasteiger partial charge in [0, 0.05) is 6.54 Å². The lowest BCUT2D eigenvalue weighted by molar-refractivity contribution is -0.120. The molecule has 1 heterocycles. The normalized spacial score (nSPS) is 10.8. The van der Waals surface area contributed by atoms with Gasteiger partial charge in [-0.2, -0.15) is 0 Å². The number of amides is 1. The van der Waals surface area contributed by atoms with Gasteiger partial charge < -0.3 is 10.3 Å². The van der Waals surface area contributed by atoms with Crippen molar-refractivity contribution in [3.63, 3.8) is 0 Å². The first-order valence-corrected chi connectivity index (χ1v) is 6.41. The second-order valence-electron chi connectivity index (χ2n) is 4.55. The van der Waals surface area contributed by atoms with E-state index in [-0.39, 0.29) is 5.91 Å². The highest BCUT2D eigenvalue weighted by atomic mass is 16.1. The molecule has 0 atom stereocenters. The van der Waals surface area contributed by atoms with Gasteiger partial charge in [-0.25, -0.2) is 4.98 Å². The third-order valence-electron chi connectivity index (χ3n) is 2.88. The maximum atomic E-state index is 11.7. The van der Waals surface area contributed by atoms with Crippen molar-refractivity contribution in [3.8, 4) is 0 Å². The molecule has 0 fully saturated rings. The summed E-state index contributed by atoms with van der Waals surface area (Å²) >= 11 is 0. The number of nitrogens with one attached hydrogen (secondary N) is 2. The van der Waals surface area contributed by atoms with Crippen LogP contribution in [0.25, 0.3) is 11.0 Å². The fourth-order valence-corrected chi connectivity index (χ4v) is 1.95. The van der Waals surface area contributed by atoms with Crippen LogP contribution in [0.15, 0.2) is 18.2 Å². The minimum absolute atomic E-state index is 0.0824. The molecular formula is C14H19N3O. The number of aromatic amines is 1. The first-order chi connectivity index (χ1) is 8.69. The fraction of sp³-hybridized carbons (Fsp3) is 0.429. The highest BCUT2D eigenvalue weighted by Gasteiger charge is 2.05. The molecular weight excluding hydrogens is 226 g/mol. The van der Waals surface area contributed by atoms with E-state index in [0.717, 1.165) is 41.8 Å². The van der Waals surface area contributed by atoms with E-state index in [1.165, 1.54) is 0 Å². The SMILES string of the molecule is CCCCNC(=O)Cc1ccc2nc(C)[nH]c2c1. The molecule has 0 aliphatic carbocycles. The van der Waals surface area contributed by atoms with Crippen LogP contribution in [-0.2, 0) is 11.2 Å². The van der Waals surface area contributed by atoms with Crippen LogP contribution >= 0.6 is 0 Å². The fourth-order valence-electron chi connectivity index (χ4n) is 1.95. The number of hydrogen-bond donors (Lipinski definition) is 2. The van der Waals surface area contributed by atoms with Crippen molar-refractivity contribution in [2.24, 2.45) is 0 Å². The Balaban J connectivity index is 2.00. The van der Waals surface area contributed by atoms with Crippen LogP contribution < -0.4 is 5.32 Å². The van der Waals surface area contributed by atoms with Crippen LogP contribution in [-0.4, -0.2) is 22.4 Å². The van der Waals surface area contributed by atoms with Crippen LogP contribution in [0.1, 0.15) is 31.2 Å². The van der Waals surface area contributed by atoms with Crippen molar-refractivity contribution in [2.75, 3.05) is 6.54 Å². The first-order valence-electron chi connectivity index (χ1n) is 6.41. The molecule has 0 saturated heterocycles. The molecule has 4 nitrogen and oxygen atoms in total. The number of fused-ring (bicyclic) bond motifs is 1. The van der Waals surface area contributed by atoms with Gasteiger partial charge >= 0.3 is 0 Å². The van der Waals surface area contributed by atoms with Crippen molar-refractivity contribution in [2.45, 2.75) is 33.1 Å². The Labute approximate surface area is 107 Å². The molecule has 2 aromatic rings. The van der Waals surface area contributed by atoms with Gasteiger partial charge in [0.2, 0.25) is 5.91 Å². The maximum absolute atomic E-state index is 11.7. The lowest BCUT2D eigenvalue weighted by Gasteiger charge is -2.04. The minimum Gasteiger partial charge on any atom is -0.356 e. The van der Waals surface area contributed by atoms with E-state index in [4.69, 9.17) is 0 Å². The number of unbranched alkanes of at least 4 members (excludes halogenated alkanes) is 1. The van der Waals surface area contributed by atoms with Gasteiger partial charge in [0.15, 0.2) is 0 Å². The van der Waals surface area contributed by atoms with Crippen LogP contribution in [0.2, 0.25) is 0 Å². The largest absolute Gasteiger partial charge is 0.356 e. The zero-order valence-corrected chi connectivity index (χ0v) is 10.9. The number of carbonyl (C=O) groups is 1. The lowest BCUT2D eigenvalue weighted by Crippen LogP contribution is -2.25. The third-order valence-corrected chi connectivity index (χ3v) is 2.88. The highest BCUT2D eigenvalue weighted by molar-refractivity contribution is 5.81. The van der Waals surface area contributed by atoms with E-state index in [2.05, 4.69) is 22.2 Å². The summed E-state index contributed by atoms with van der Waals surface area (Å²) in [5, 5.41) is 2.92. The van der Waals surface area contributed by atoms with Crippen molar-refractivity contribution >= 4 is 16.9 Å². The summed E-state index contributed by atoms with van der Waals surface area (Å²) in [5.41, 5.74) is 2.95. The first kappa shape index (κ1) is 12.6. The molecule has 4 heteroatoms. The molecule has 0 bridgehead atoms. The number of benzene rings is 1. The highest BCUT2D eigenvalue weighted by Crippen LogP contribution is 2.13. The molecule has 0 saturated carbocycles. The molecule has 2 N–H and O–H groups in total. The summed E-state index contributed by atoms with van der Waals surface area (Å²) < 4.78 is 0. The van der Waals surface area contributed by atoms with Gasteiger partial charge in [0.25, 0.3) is 0 Å². The number of H-pyrrole nitrogens is 1. The molecule has 18 heavy (non-hydrogen) atoms. The monoisotopic (exact) mass is 245 g/mol. The molecule has 2 rings (SSSR count). The molecule has 0 radical (unpaired) electrons. The van der Waals surface area contributed by atoms with Gasteiger partial charge in [-0.3, -0.25) is 4.79 Å². The zero-order valence-electron chi connectivity index (χ0n) is 10.9. The molecule has 0 spiro atoms. The van der Waals surface area contributed by atoms with E-state index in [1.807, 2.05) is 25.1 Å². The number of nitrogens with zero attached hydrogens (tertiary/aromatic N) is 1. The Bertz CT molecular complexity index is 545. The Kier molecular flexibility index (Phi) is 3.97. The van der Waals surface area contributed by atoms with Gasteiger partial charge in [0.05, 0.1) is 17.5 Å². The topological polar surface area (TPSA) is 57.8 Å². The molecule has 1 amide bonds. The van der Waals surface area contributed by atoms with E-state index in [9.17, 15) is 4.79 Å². The van der Waals surface area contributed by atoms with Gasteiger partial charge in [0.1, 0.15) is 5.82 Å². The number of aromatic nitrogens is 2.